The second kappa shape index (κ2) is 9.59. The van der Waals surface area contributed by atoms with Gasteiger partial charge in [0.15, 0.2) is 5.13 Å². The molecule has 174 valence electrons. The number of ether oxygens (including phenoxy) is 1. The van der Waals surface area contributed by atoms with Gasteiger partial charge < -0.3 is 4.74 Å². The van der Waals surface area contributed by atoms with Crippen molar-refractivity contribution in [2.75, 3.05) is 17.1 Å². The molecule has 0 spiro atoms. The number of amides is 1. The van der Waals surface area contributed by atoms with Gasteiger partial charge in [-0.1, -0.05) is 0 Å². The summed E-state index contributed by atoms with van der Waals surface area (Å²) in [6.07, 6.45) is 0. The van der Waals surface area contributed by atoms with Gasteiger partial charge in [0.1, 0.15) is 5.75 Å². The van der Waals surface area contributed by atoms with Gasteiger partial charge in [-0.3, -0.25) is 24.9 Å². The molecule has 4 rings (SSSR count). The Morgan fingerprint density at radius 3 is 2.38 bits per heavy atom. The van der Waals surface area contributed by atoms with Gasteiger partial charge in [-0.2, -0.15) is 0 Å². The number of benzene rings is 2. The molecule has 0 aliphatic carbocycles. The molecule has 2 N–H and O–H groups in total. The van der Waals surface area contributed by atoms with Crippen LogP contribution in [-0.4, -0.2) is 31.3 Å². The summed E-state index contributed by atoms with van der Waals surface area (Å²) in [5.74, 6) is 0.112. The van der Waals surface area contributed by atoms with E-state index in [1.165, 1.54) is 77.6 Å². The van der Waals surface area contributed by atoms with E-state index in [2.05, 4.69) is 15.0 Å². The molecule has 0 radical (unpaired) electrons. The first-order valence-corrected chi connectivity index (χ1v) is 12.8. The maximum absolute atomic E-state index is 12.6. The number of methoxy groups -OCH3 is 1. The average molecular weight is 517 g/mol. The fourth-order valence-corrected chi connectivity index (χ4v) is 5.48. The Labute approximate surface area is 202 Å². The molecule has 0 fully saturated rings. The van der Waals surface area contributed by atoms with Crippen LogP contribution in [0.2, 0.25) is 0 Å². The maximum Gasteiger partial charge on any atom is 0.280 e. The summed E-state index contributed by atoms with van der Waals surface area (Å²) < 4.78 is 32.6. The molecule has 2 aromatic carbocycles. The van der Waals surface area contributed by atoms with E-state index >= 15 is 0 Å². The van der Waals surface area contributed by atoms with Crippen molar-refractivity contribution in [1.82, 2.24) is 4.98 Å². The lowest BCUT2D eigenvalue weighted by atomic mass is 10.2. The Bertz CT molecular complexity index is 1440. The Balaban J connectivity index is 1.41. The lowest BCUT2D eigenvalue weighted by Crippen LogP contribution is -2.14. The summed E-state index contributed by atoms with van der Waals surface area (Å²) >= 11 is 2.38. The highest BCUT2D eigenvalue weighted by molar-refractivity contribution is 7.92. The summed E-state index contributed by atoms with van der Waals surface area (Å²) in [4.78, 5) is 27.9. The first-order chi connectivity index (χ1) is 16.2. The molecule has 0 saturated carbocycles. The summed E-state index contributed by atoms with van der Waals surface area (Å²) in [5, 5.41) is 17.0. The summed E-state index contributed by atoms with van der Waals surface area (Å²) in [6, 6.07) is 13.3. The highest BCUT2D eigenvalue weighted by Crippen LogP contribution is 2.33. The van der Waals surface area contributed by atoms with Crippen LogP contribution in [0.15, 0.2) is 70.3 Å². The molecule has 2 heterocycles. The van der Waals surface area contributed by atoms with E-state index in [1.807, 2.05) is 0 Å². The molecule has 13 heteroatoms. The summed E-state index contributed by atoms with van der Waals surface area (Å²) in [7, 11) is -2.31. The fraction of sp³-hybridized carbons (Fsp3) is 0.0476. The number of nitrogens with one attached hydrogen (secondary N) is 2. The topological polar surface area (TPSA) is 141 Å². The number of hydrogen-bond donors (Lipinski definition) is 2. The summed E-state index contributed by atoms with van der Waals surface area (Å²) in [5.41, 5.74) is 1.11. The van der Waals surface area contributed by atoms with Crippen LogP contribution in [-0.2, 0) is 10.0 Å². The third kappa shape index (κ3) is 5.22. The van der Waals surface area contributed by atoms with Crippen LogP contribution in [0.25, 0.3) is 10.6 Å². The van der Waals surface area contributed by atoms with Crippen LogP contribution >= 0.6 is 22.7 Å². The normalized spacial score (nSPS) is 11.1. The highest BCUT2D eigenvalue weighted by Gasteiger charge is 2.16. The minimum absolute atomic E-state index is 0.0127. The third-order valence-electron chi connectivity index (χ3n) is 4.54. The van der Waals surface area contributed by atoms with Gasteiger partial charge in [0.2, 0.25) is 0 Å². The molecule has 10 nitrogen and oxygen atoms in total. The monoisotopic (exact) mass is 516 g/mol. The van der Waals surface area contributed by atoms with E-state index in [9.17, 15) is 23.3 Å². The standard InChI is InChI=1S/C21H16N4O6S3/c1-31-16-6-8-17(9-7-16)34(29,30)24-14-4-2-13(3-5-14)20(26)23-21-22-18(12-33-21)19-10-15(11-32-19)25(27)28/h2-12,24H,1H3,(H,22,23,26). The minimum Gasteiger partial charge on any atom is -0.497 e. The molecular formula is C21H16N4O6S3. The predicted octanol–water partition coefficient (Wildman–Crippen LogP) is 4.84. The zero-order chi connectivity index (χ0) is 24.3. The zero-order valence-corrected chi connectivity index (χ0v) is 19.9. The number of nitro groups is 1. The van der Waals surface area contributed by atoms with E-state index < -0.39 is 20.9 Å². The van der Waals surface area contributed by atoms with Crippen molar-refractivity contribution < 1.29 is 22.9 Å². The number of carbonyl (C=O) groups excluding carboxylic acids is 1. The molecule has 0 aliphatic heterocycles. The number of nitrogens with zero attached hydrogens (tertiary/aromatic N) is 2. The molecule has 1 amide bonds. The van der Waals surface area contributed by atoms with Crippen LogP contribution in [0, 0.1) is 10.1 Å². The number of carbonyl (C=O) groups is 1. The van der Waals surface area contributed by atoms with Gasteiger partial charge in [-0.05, 0) is 48.5 Å². The lowest BCUT2D eigenvalue weighted by Gasteiger charge is -2.09. The second-order valence-corrected chi connectivity index (χ2v) is 10.2. The summed E-state index contributed by atoms with van der Waals surface area (Å²) in [6.45, 7) is 0. The van der Waals surface area contributed by atoms with Crippen LogP contribution in [0.1, 0.15) is 10.4 Å². The molecule has 4 aromatic rings. The maximum atomic E-state index is 12.6. The Morgan fingerprint density at radius 2 is 1.76 bits per heavy atom. The SMILES string of the molecule is COc1ccc(S(=O)(=O)Nc2ccc(C(=O)Nc3nc(-c4cc([N+](=O)[O-])cs4)cs3)cc2)cc1. The number of thiophene rings is 1. The molecule has 0 saturated heterocycles. The van der Waals surface area contributed by atoms with Gasteiger partial charge in [0.25, 0.3) is 21.6 Å². The Kier molecular flexibility index (Phi) is 6.58. The number of anilines is 2. The molecule has 0 aliphatic rings. The van der Waals surface area contributed by atoms with Crippen LogP contribution < -0.4 is 14.8 Å². The van der Waals surface area contributed by atoms with Crippen LogP contribution in [0.5, 0.6) is 5.75 Å². The predicted molar refractivity (Wildman–Crippen MR) is 130 cm³/mol. The van der Waals surface area contributed by atoms with E-state index in [-0.39, 0.29) is 10.6 Å². The molecule has 0 unspecified atom stereocenters. The quantitative estimate of drug-likeness (QED) is 0.252. The minimum atomic E-state index is -3.80. The third-order valence-corrected chi connectivity index (χ3v) is 7.64. The van der Waals surface area contributed by atoms with Crippen molar-refractivity contribution >= 4 is 55.1 Å². The average Bonchev–Trinajstić information content (AvgIpc) is 3.49. The molecule has 0 bridgehead atoms. The van der Waals surface area contributed by atoms with Gasteiger partial charge >= 0.3 is 0 Å². The zero-order valence-electron chi connectivity index (χ0n) is 17.4. The van der Waals surface area contributed by atoms with Crippen LogP contribution in [0.4, 0.5) is 16.5 Å². The van der Waals surface area contributed by atoms with E-state index in [0.29, 0.717) is 32.7 Å². The number of aromatic nitrogens is 1. The second-order valence-electron chi connectivity index (χ2n) is 6.78. The van der Waals surface area contributed by atoms with E-state index in [0.717, 1.165) is 0 Å². The van der Waals surface area contributed by atoms with Crippen molar-refractivity contribution in [3.63, 3.8) is 0 Å². The van der Waals surface area contributed by atoms with Crippen molar-refractivity contribution in [3.8, 4) is 16.3 Å². The van der Waals surface area contributed by atoms with Crippen molar-refractivity contribution in [2.45, 2.75) is 4.90 Å². The first-order valence-electron chi connectivity index (χ1n) is 9.52. The van der Waals surface area contributed by atoms with Crippen molar-refractivity contribution in [1.29, 1.82) is 0 Å². The molecule has 2 aromatic heterocycles. The molecular weight excluding hydrogens is 500 g/mol. The van der Waals surface area contributed by atoms with Crippen LogP contribution in [0.3, 0.4) is 0 Å². The van der Waals surface area contributed by atoms with Gasteiger partial charge in [-0.15, -0.1) is 22.7 Å². The van der Waals surface area contributed by atoms with E-state index in [1.54, 1.807) is 17.5 Å². The number of sulfonamides is 1. The lowest BCUT2D eigenvalue weighted by molar-refractivity contribution is -0.384. The fourth-order valence-electron chi connectivity index (χ4n) is 2.83. The molecule has 34 heavy (non-hydrogen) atoms. The van der Waals surface area contributed by atoms with Gasteiger partial charge in [0, 0.05) is 22.7 Å². The molecule has 0 atom stereocenters. The number of hydrogen-bond acceptors (Lipinski definition) is 9. The Morgan fingerprint density at radius 1 is 1.06 bits per heavy atom. The van der Waals surface area contributed by atoms with Gasteiger partial charge in [0.05, 0.1) is 32.9 Å². The van der Waals surface area contributed by atoms with E-state index in [4.69, 9.17) is 4.74 Å². The Hall–Kier alpha value is -3.81. The van der Waals surface area contributed by atoms with Gasteiger partial charge in [-0.25, -0.2) is 13.4 Å². The smallest absolute Gasteiger partial charge is 0.280 e. The highest BCUT2D eigenvalue weighted by atomic mass is 32.2. The van der Waals surface area contributed by atoms with Crippen molar-refractivity contribution in [3.05, 3.63) is 81.0 Å². The number of rotatable bonds is 8. The number of thiazole rings is 1. The first kappa shape index (κ1) is 23.4. The van der Waals surface area contributed by atoms with Crippen molar-refractivity contribution in [2.24, 2.45) is 0 Å². The largest absolute Gasteiger partial charge is 0.497 e.